The zero-order valence-electron chi connectivity index (χ0n) is 11.9. The molecule has 104 valence electrons. The maximum Gasteiger partial charge on any atom is 0.243 e. The van der Waals surface area contributed by atoms with Crippen LogP contribution in [0.2, 0.25) is 0 Å². The molecule has 0 spiro atoms. The maximum atomic E-state index is 12.3. The number of carbonyl (C=O) groups is 2. The van der Waals surface area contributed by atoms with Crippen molar-refractivity contribution in [2.75, 3.05) is 20.3 Å². The molecule has 0 aromatic carbocycles. The standard InChI is InChI=1S/C14H26N2O2/c1-4-6-7-8-9-12(5-2)14(18)16-10-13(17)15(3)11-16/h12H,4-11H2,1-3H3. The monoisotopic (exact) mass is 254 g/mol. The van der Waals surface area contributed by atoms with Crippen LogP contribution in [0, 0.1) is 5.92 Å². The van der Waals surface area contributed by atoms with Crippen molar-refractivity contribution in [2.24, 2.45) is 5.92 Å². The van der Waals surface area contributed by atoms with Crippen molar-refractivity contribution in [2.45, 2.75) is 52.4 Å². The van der Waals surface area contributed by atoms with E-state index in [4.69, 9.17) is 0 Å². The maximum absolute atomic E-state index is 12.3. The predicted molar refractivity (Wildman–Crippen MR) is 71.9 cm³/mol. The first-order valence-corrected chi connectivity index (χ1v) is 7.12. The lowest BCUT2D eigenvalue weighted by molar-refractivity contribution is -0.136. The molecule has 1 fully saturated rings. The molecule has 4 nitrogen and oxygen atoms in total. The van der Waals surface area contributed by atoms with Crippen molar-refractivity contribution in [1.29, 1.82) is 0 Å². The minimum Gasteiger partial charge on any atom is -0.326 e. The lowest BCUT2D eigenvalue weighted by atomic mass is 9.97. The third-order valence-corrected chi connectivity index (χ3v) is 3.69. The Kier molecular flexibility index (Phi) is 6.16. The number of hydrogen-bond acceptors (Lipinski definition) is 2. The molecule has 1 aliphatic rings. The lowest BCUT2D eigenvalue weighted by Crippen LogP contribution is -2.35. The first kappa shape index (κ1) is 15.0. The van der Waals surface area contributed by atoms with Crippen LogP contribution in [0.25, 0.3) is 0 Å². The van der Waals surface area contributed by atoms with Gasteiger partial charge in [-0.05, 0) is 12.8 Å². The Labute approximate surface area is 110 Å². The first-order valence-electron chi connectivity index (χ1n) is 7.12. The molecule has 0 N–H and O–H groups in total. The number of carbonyl (C=O) groups excluding carboxylic acids is 2. The van der Waals surface area contributed by atoms with Gasteiger partial charge in [-0.3, -0.25) is 9.59 Å². The second kappa shape index (κ2) is 7.39. The number of unbranched alkanes of at least 4 members (excludes halogenated alkanes) is 3. The van der Waals surface area contributed by atoms with Crippen LogP contribution in [0.3, 0.4) is 0 Å². The van der Waals surface area contributed by atoms with E-state index in [9.17, 15) is 9.59 Å². The van der Waals surface area contributed by atoms with E-state index >= 15 is 0 Å². The highest BCUT2D eigenvalue weighted by Crippen LogP contribution is 2.19. The normalized spacial score (nSPS) is 17.4. The average molecular weight is 254 g/mol. The molecule has 1 rings (SSSR count). The summed E-state index contributed by atoms with van der Waals surface area (Å²) < 4.78 is 0. The molecule has 0 aromatic rings. The quantitative estimate of drug-likeness (QED) is 0.654. The van der Waals surface area contributed by atoms with Gasteiger partial charge in [0.2, 0.25) is 11.8 Å². The van der Waals surface area contributed by atoms with E-state index in [1.54, 1.807) is 16.8 Å². The second-order valence-electron chi connectivity index (χ2n) is 5.22. The zero-order valence-corrected chi connectivity index (χ0v) is 11.9. The molecule has 0 bridgehead atoms. The summed E-state index contributed by atoms with van der Waals surface area (Å²) in [7, 11) is 1.75. The van der Waals surface area contributed by atoms with Gasteiger partial charge in [0.05, 0.1) is 6.67 Å². The van der Waals surface area contributed by atoms with E-state index < -0.39 is 0 Å². The number of nitrogens with zero attached hydrogens (tertiary/aromatic N) is 2. The summed E-state index contributed by atoms with van der Waals surface area (Å²) in [5.74, 6) is 0.303. The van der Waals surface area contributed by atoms with Gasteiger partial charge in [0.25, 0.3) is 0 Å². The lowest BCUT2D eigenvalue weighted by Gasteiger charge is -2.21. The smallest absolute Gasteiger partial charge is 0.243 e. The number of likely N-dealkylation sites (N-methyl/N-ethyl adjacent to an activating group) is 1. The second-order valence-corrected chi connectivity index (χ2v) is 5.22. The van der Waals surface area contributed by atoms with Crippen molar-refractivity contribution in [3.63, 3.8) is 0 Å². The fourth-order valence-electron chi connectivity index (χ4n) is 2.39. The molecule has 4 heteroatoms. The number of rotatable bonds is 7. The SMILES string of the molecule is CCCCCCC(CC)C(=O)N1CC(=O)N(C)C1. The van der Waals surface area contributed by atoms with E-state index in [0.717, 1.165) is 19.3 Å². The van der Waals surface area contributed by atoms with Gasteiger partial charge in [0.1, 0.15) is 6.54 Å². The fraction of sp³-hybridized carbons (Fsp3) is 0.857. The molecule has 0 saturated carbocycles. The van der Waals surface area contributed by atoms with Gasteiger partial charge in [0.15, 0.2) is 0 Å². The number of amides is 2. The van der Waals surface area contributed by atoms with E-state index in [1.165, 1.54) is 19.3 Å². The van der Waals surface area contributed by atoms with Gasteiger partial charge < -0.3 is 9.80 Å². The molecule has 0 aliphatic carbocycles. The van der Waals surface area contributed by atoms with Crippen LogP contribution in [0.5, 0.6) is 0 Å². The topological polar surface area (TPSA) is 40.6 Å². The van der Waals surface area contributed by atoms with Crippen LogP contribution < -0.4 is 0 Å². The zero-order chi connectivity index (χ0) is 13.5. The third kappa shape index (κ3) is 4.00. The molecule has 1 unspecified atom stereocenters. The molecule has 0 radical (unpaired) electrons. The first-order chi connectivity index (χ1) is 8.60. The molecule has 2 amide bonds. The van der Waals surface area contributed by atoms with Crippen LogP contribution in [-0.4, -0.2) is 41.9 Å². The summed E-state index contributed by atoms with van der Waals surface area (Å²) in [6, 6.07) is 0. The average Bonchev–Trinajstić information content (AvgIpc) is 2.69. The summed E-state index contributed by atoms with van der Waals surface area (Å²) >= 11 is 0. The minimum absolute atomic E-state index is 0.0455. The van der Waals surface area contributed by atoms with Crippen LogP contribution in [0.15, 0.2) is 0 Å². The highest BCUT2D eigenvalue weighted by atomic mass is 16.2. The molecule has 1 atom stereocenters. The molecule has 1 saturated heterocycles. The van der Waals surface area contributed by atoms with Gasteiger partial charge in [-0.2, -0.15) is 0 Å². The summed E-state index contributed by atoms with van der Waals surface area (Å²) in [6.07, 6.45) is 6.63. The van der Waals surface area contributed by atoms with E-state index in [-0.39, 0.29) is 24.3 Å². The van der Waals surface area contributed by atoms with Crippen LogP contribution in [-0.2, 0) is 9.59 Å². The summed E-state index contributed by atoms with van der Waals surface area (Å²) in [5.41, 5.74) is 0. The largest absolute Gasteiger partial charge is 0.326 e. The van der Waals surface area contributed by atoms with E-state index in [0.29, 0.717) is 6.67 Å². The third-order valence-electron chi connectivity index (χ3n) is 3.69. The van der Waals surface area contributed by atoms with Crippen LogP contribution >= 0.6 is 0 Å². The van der Waals surface area contributed by atoms with Gasteiger partial charge in [-0.25, -0.2) is 0 Å². The summed E-state index contributed by atoms with van der Waals surface area (Å²) in [4.78, 5) is 27.0. The van der Waals surface area contributed by atoms with E-state index in [1.807, 2.05) is 0 Å². The minimum atomic E-state index is 0.0455. The molecular weight excluding hydrogens is 228 g/mol. The molecule has 1 aliphatic heterocycles. The van der Waals surface area contributed by atoms with Crippen LogP contribution in [0.1, 0.15) is 52.4 Å². The van der Waals surface area contributed by atoms with Crippen molar-refractivity contribution in [3.8, 4) is 0 Å². The summed E-state index contributed by atoms with van der Waals surface area (Å²) in [5, 5.41) is 0. The summed E-state index contributed by atoms with van der Waals surface area (Å²) in [6.45, 7) is 4.97. The van der Waals surface area contributed by atoms with Gasteiger partial charge >= 0.3 is 0 Å². The molecule has 1 heterocycles. The van der Waals surface area contributed by atoms with Crippen LogP contribution in [0.4, 0.5) is 0 Å². The Hall–Kier alpha value is -1.06. The predicted octanol–water partition coefficient (Wildman–Crippen LogP) is 2.24. The van der Waals surface area contributed by atoms with Gasteiger partial charge in [-0.15, -0.1) is 0 Å². The van der Waals surface area contributed by atoms with Gasteiger partial charge in [0, 0.05) is 13.0 Å². The van der Waals surface area contributed by atoms with Gasteiger partial charge in [-0.1, -0.05) is 39.5 Å². The fourth-order valence-corrected chi connectivity index (χ4v) is 2.39. The Morgan fingerprint density at radius 2 is 2.00 bits per heavy atom. The van der Waals surface area contributed by atoms with Crippen molar-refractivity contribution in [1.82, 2.24) is 9.80 Å². The molecule has 18 heavy (non-hydrogen) atoms. The Balaban J connectivity index is 2.40. The Morgan fingerprint density at radius 3 is 2.50 bits per heavy atom. The van der Waals surface area contributed by atoms with Crippen molar-refractivity contribution < 1.29 is 9.59 Å². The Morgan fingerprint density at radius 1 is 1.28 bits per heavy atom. The highest BCUT2D eigenvalue weighted by Gasteiger charge is 2.31. The van der Waals surface area contributed by atoms with Crippen molar-refractivity contribution in [3.05, 3.63) is 0 Å². The van der Waals surface area contributed by atoms with Crippen molar-refractivity contribution >= 4 is 11.8 Å². The Bertz CT molecular complexity index is 292. The molecule has 0 aromatic heterocycles. The van der Waals surface area contributed by atoms with E-state index in [2.05, 4.69) is 13.8 Å². The number of hydrogen-bond donors (Lipinski definition) is 0. The molecular formula is C14H26N2O2. The highest BCUT2D eigenvalue weighted by molar-refractivity contribution is 5.88.